The Bertz CT molecular complexity index is 869. The minimum absolute atomic E-state index is 0.0964. The highest BCUT2D eigenvalue weighted by molar-refractivity contribution is 6.34. The molecule has 1 heterocycles. The molecule has 6 nitrogen and oxygen atoms in total. The van der Waals surface area contributed by atoms with Gasteiger partial charge in [0.2, 0.25) is 11.8 Å². The van der Waals surface area contributed by atoms with E-state index in [1.54, 1.807) is 48.5 Å². The van der Waals surface area contributed by atoms with E-state index in [2.05, 4.69) is 10.6 Å². The van der Waals surface area contributed by atoms with Gasteiger partial charge in [-0.3, -0.25) is 14.4 Å². The van der Waals surface area contributed by atoms with Crippen molar-refractivity contribution in [3.8, 4) is 0 Å². The van der Waals surface area contributed by atoms with Crippen molar-refractivity contribution in [2.45, 2.75) is 6.42 Å². The van der Waals surface area contributed by atoms with Gasteiger partial charge in [0, 0.05) is 20.0 Å². The molecule has 0 unspecified atom stereocenters. The summed E-state index contributed by atoms with van der Waals surface area (Å²) in [6, 6.07) is 13.8. The Morgan fingerprint density at radius 1 is 1.12 bits per heavy atom. The lowest BCUT2D eigenvalue weighted by Crippen LogP contribution is -2.29. The van der Waals surface area contributed by atoms with E-state index >= 15 is 0 Å². The van der Waals surface area contributed by atoms with Crippen LogP contribution in [0, 0.1) is 5.92 Å². The first-order valence-electron chi connectivity index (χ1n) is 8.18. The predicted molar refractivity (Wildman–Crippen MR) is 100 cm³/mol. The zero-order valence-electron chi connectivity index (χ0n) is 14.2. The van der Waals surface area contributed by atoms with Crippen LogP contribution in [0.3, 0.4) is 0 Å². The number of amides is 3. The molecule has 7 heteroatoms. The summed E-state index contributed by atoms with van der Waals surface area (Å²) in [6.07, 6.45) is 0.0964. The number of nitrogens with one attached hydrogen (secondary N) is 2. The first-order valence-corrected chi connectivity index (χ1v) is 8.56. The summed E-state index contributed by atoms with van der Waals surface area (Å²) in [5.74, 6) is -1.26. The van der Waals surface area contributed by atoms with Gasteiger partial charge < -0.3 is 15.5 Å². The third-order valence-corrected chi connectivity index (χ3v) is 4.62. The molecule has 2 N–H and O–H groups in total. The van der Waals surface area contributed by atoms with Crippen molar-refractivity contribution in [3.63, 3.8) is 0 Å². The van der Waals surface area contributed by atoms with Crippen molar-refractivity contribution < 1.29 is 14.4 Å². The Labute approximate surface area is 156 Å². The van der Waals surface area contributed by atoms with Gasteiger partial charge in [-0.15, -0.1) is 0 Å². The van der Waals surface area contributed by atoms with Crippen LogP contribution in [0.5, 0.6) is 0 Å². The summed E-state index contributed by atoms with van der Waals surface area (Å²) in [5, 5.41) is 5.77. The lowest BCUT2D eigenvalue weighted by atomic mass is 10.1. The largest absolute Gasteiger partial charge is 0.355 e. The second kappa shape index (κ2) is 7.58. The Balaban J connectivity index is 1.76. The van der Waals surface area contributed by atoms with E-state index < -0.39 is 5.92 Å². The van der Waals surface area contributed by atoms with Gasteiger partial charge >= 0.3 is 0 Å². The summed E-state index contributed by atoms with van der Waals surface area (Å²) in [5.41, 5.74) is 1.39. The van der Waals surface area contributed by atoms with Crippen LogP contribution in [0.1, 0.15) is 16.8 Å². The normalized spacial score (nSPS) is 16.5. The second-order valence-electron chi connectivity index (χ2n) is 5.97. The highest BCUT2D eigenvalue weighted by Gasteiger charge is 2.36. The van der Waals surface area contributed by atoms with Gasteiger partial charge in [-0.2, -0.15) is 0 Å². The molecule has 134 valence electrons. The minimum Gasteiger partial charge on any atom is -0.355 e. The van der Waals surface area contributed by atoms with E-state index in [1.165, 1.54) is 11.9 Å². The Hall–Kier alpha value is -2.86. The standard InChI is InChI=1S/C19H18ClN3O3/c1-21-19(26)13-6-2-4-8-15(13)22-18(25)12-10-17(24)23(11-12)16-9-5-3-7-14(16)20/h2-9,12H,10-11H2,1H3,(H,21,26)(H,22,25)/t12-/m1/s1. The molecule has 26 heavy (non-hydrogen) atoms. The van der Waals surface area contributed by atoms with Crippen molar-refractivity contribution in [1.82, 2.24) is 5.32 Å². The molecule has 1 aliphatic rings. The van der Waals surface area contributed by atoms with E-state index in [0.717, 1.165) is 0 Å². The highest BCUT2D eigenvalue weighted by Crippen LogP contribution is 2.31. The molecule has 0 aliphatic carbocycles. The summed E-state index contributed by atoms with van der Waals surface area (Å²) in [4.78, 5) is 38.4. The van der Waals surface area contributed by atoms with Crippen molar-refractivity contribution in [2.75, 3.05) is 23.8 Å². The Kier molecular flexibility index (Phi) is 5.23. The molecular weight excluding hydrogens is 354 g/mol. The minimum atomic E-state index is -0.517. The maximum Gasteiger partial charge on any atom is 0.253 e. The van der Waals surface area contributed by atoms with Gasteiger partial charge in [0.1, 0.15) is 0 Å². The third kappa shape index (κ3) is 3.55. The van der Waals surface area contributed by atoms with Crippen LogP contribution >= 0.6 is 11.6 Å². The molecule has 0 saturated carbocycles. The average Bonchev–Trinajstić information content (AvgIpc) is 3.03. The first-order chi connectivity index (χ1) is 12.5. The van der Waals surface area contributed by atoms with Crippen LogP contribution in [0.15, 0.2) is 48.5 Å². The van der Waals surface area contributed by atoms with Crippen molar-refractivity contribution in [3.05, 3.63) is 59.1 Å². The van der Waals surface area contributed by atoms with Gasteiger partial charge in [-0.05, 0) is 24.3 Å². The quantitative estimate of drug-likeness (QED) is 0.867. The van der Waals surface area contributed by atoms with E-state index in [4.69, 9.17) is 11.6 Å². The maximum absolute atomic E-state index is 12.6. The lowest BCUT2D eigenvalue weighted by Gasteiger charge is -2.18. The zero-order valence-corrected chi connectivity index (χ0v) is 14.9. The van der Waals surface area contributed by atoms with Gasteiger partial charge in [0.05, 0.1) is 27.9 Å². The molecule has 0 aromatic heterocycles. The SMILES string of the molecule is CNC(=O)c1ccccc1NC(=O)[C@@H]1CC(=O)N(c2ccccc2Cl)C1. The van der Waals surface area contributed by atoms with Gasteiger partial charge in [-0.25, -0.2) is 0 Å². The van der Waals surface area contributed by atoms with Crippen LogP contribution in [-0.4, -0.2) is 31.3 Å². The molecule has 1 aliphatic heterocycles. The number of nitrogens with zero attached hydrogens (tertiary/aromatic N) is 1. The smallest absolute Gasteiger partial charge is 0.253 e. The number of rotatable bonds is 4. The van der Waals surface area contributed by atoms with Gasteiger partial charge in [-0.1, -0.05) is 35.9 Å². The molecule has 1 atom stereocenters. The third-order valence-electron chi connectivity index (χ3n) is 4.30. The lowest BCUT2D eigenvalue weighted by molar-refractivity contribution is -0.122. The van der Waals surface area contributed by atoms with Crippen LogP contribution in [0.4, 0.5) is 11.4 Å². The number of anilines is 2. The average molecular weight is 372 g/mol. The molecule has 1 fully saturated rings. The van der Waals surface area contributed by atoms with E-state index in [-0.39, 0.29) is 30.7 Å². The molecule has 0 bridgehead atoms. The molecule has 2 aromatic carbocycles. The fraction of sp³-hybridized carbons (Fsp3) is 0.211. The van der Waals surface area contributed by atoms with E-state index in [9.17, 15) is 14.4 Å². The number of carbonyl (C=O) groups excluding carboxylic acids is 3. The van der Waals surface area contributed by atoms with Crippen LogP contribution in [0.2, 0.25) is 5.02 Å². The highest BCUT2D eigenvalue weighted by atomic mass is 35.5. The van der Waals surface area contributed by atoms with Crippen LogP contribution in [0.25, 0.3) is 0 Å². The number of hydrogen-bond donors (Lipinski definition) is 2. The Morgan fingerprint density at radius 2 is 1.81 bits per heavy atom. The number of carbonyl (C=O) groups is 3. The van der Waals surface area contributed by atoms with Gasteiger partial charge in [0.15, 0.2) is 0 Å². The first kappa shape index (κ1) is 17.9. The second-order valence-corrected chi connectivity index (χ2v) is 6.38. The summed E-state index contributed by atoms with van der Waals surface area (Å²) < 4.78 is 0. The topological polar surface area (TPSA) is 78.5 Å². The maximum atomic E-state index is 12.6. The number of hydrogen-bond acceptors (Lipinski definition) is 3. The van der Waals surface area contributed by atoms with E-state index in [0.29, 0.717) is 22.0 Å². The van der Waals surface area contributed by atoms with Crippen LogP contribution in [-0.2, 0) is 9.59 Å². The van der Waals surface area contributed by atoms with Crippen molar-refractivity contribution in [1.29, 1.82) is 0 Å². The zero-order chi connectivity index (χ0) is 18.7. The van der Waals surface area contributed by atoms with Crippen LogP contribution < -0.4 is 15.5 Å². The molecule has 3 amide bonds. The summed E-state index contributed by atoms with van der Waals surface area (Å²) >= 11 is 6.16. The number of halogens is 1. The molecule has 0 spiro atoms. The van der Waals surface area contributed by atoms with Crippen molar-refractivity contribution in [2.24, 2.45) is 5.92 Å². The molecule has 2 aromatic rings. The molecular formula is C19H18ClN3O3. The van der Waals surface area contributed by atoms with Crippen molar-refractivity contribution >= 4 is 40.7 Å². The predicted octanol–water partition coefficient (Wildman–Crippen LogP) is 2.69. The monoisotopic (exact) mass is 371 g/mol. The molecule has 3 rings (SSSR count). The van der Waals surface area contributed by atoms with E-state index in [1.807, 2.05) is 0 Å². The molecule has 0 radical (unpaired) electrons. The fourth-order valence-corrected chi connectivity index (χ4v) is 3.18. The summed E-state index contributed by atoms with van der Waals surface area (Å²) in [6.45, 7) is 0.247. The van der Waals surface area contributed by atoms with Gasteiger partial charge in [0.25, 0.3) is 5.91 Å². The number of para-hydroxylation sites is 2. The molecule has 1 saturated heterocycles. The fourth-order valence-electron chi connectivity index (χ4n) is 2.95. The number of benzene rings is 2. The Morgan fingerprint density at radius 3 is 2.54 bits per heavy atom. The summed E-state index contributed by atoms with van der Waals surface area (Å²) in [7, 11) is 1.53.